The van der Waals surface area contributed by atoms with E-state index in [0.29, 0.717) is 0 Å². The fourth-order valence-corrected chi connectivity index (χ4v) is 8.09. The van der Waals surface area contributed by atoms with Crippen molar-refractivity contribution in [1.29, 1.82) is 0 Å². The second-order valence-electron chi connectivity index (χ2n) is 14.1. The Labute approximate surface area is 322 Å². The van der Waals surface area contributed by atoms with Gasteiger partial charge in [-0.05, 0) is 125 Å². The van der Waals surface area contributed by atoms with Gasteiger partial charge >= 0.3 is 0 Å². The molecule has 0 aliphatic heterocycles. The largest absolute Gasteiger partial charge is 0.310 e. The van der Waals surface area contributed by atoms with Crippen molar-refractivity contribution in [1.82, 2.24) is 0 Å². The highest BCUT2D eigenvalue weighted by molar-refractivity contribution is 6.26. The van der Waals surface area contributed by atoms with Crippen LogP contribution in [0.25, 0.3) is 76.8 Å². The molecule has 1 heteroatoms. The first-order valence-corrected chi connectivity index (χ1v) is 18.9. The lowest BCUT2D eigenvalue weighted by Gasteiger charge is -2.26. The molecule has 0 heterocycles. The van der Waals surface area contributed by atoms with E-state index >= 15 is 0 Å². The van der Waals surface area contributed by atoms with E-state index in [1.165, 1.54) is 76.8 Å². The van der Waals surface area contributed by atoms with Gasteiger partial charge in [-0.2, -0.15) is 0 Å². The Hall–Kier alpha value is -7.22. The number of rotatable bonds is 7. The van der Waals surface area contributed by atoms with Gasteiger partial charge in [0.15, 0.2) is 0 Å². The standard InChI is InChI=1S/C54H37N/c1-4-13-38(14-5-1)41-23-29-46(30-24-41)55(47-31-25-42(26-32-47)39-15-6-2-7-16-39)48-20-12-19-43(35-48)45-28-34-52-51-33-27-44(40-17-8-3-9-18-40)36-53(51)49-21-10-11-22-50(49)54(52)37-45/h1-37H. The Morgan fingerprint density at radius 2 is 0.509 bits per heavy atom. The maximum Gasteiger partial charge on any atom is 0.0467 e. The van der Waals surface area contributed by atoms with Crippen LogP contribution in [0.2, 0.25) is 0 Å². The summed E-state index contributed by atoms with van der Waals surface area (Å²) < 4.78 is 0. The number of benzene rings is 10. The van der Waals surface area contributed by atoms with E-state index in [-0.39, 0.29) is 0 Å². The highest BCUT2D eigenvalue weighted by Gasteiger charge is 2.16. The van der Waals surface area contributed by atoms with Crippen molar-refractivity contribution in [2.75, 3.05) is 4.90 Å². The quantitative estimate of drug-likeness (QED) is 0.150. The molecule has 0 saturated carbocycles. The molecule has 0 fully saturated rings. The number of hydrogen-bond acceptors (Lipinski definition) is 1. The first-order valence-electron chi connectivity index (χ1n) is 18.9. The molecule has 1 nitrogen and oxygen atoms in total. The summed E-state index contributed by atoms with van der Waals surface area (Å²) in [6.07, 6.45) is 0. The zero-order valence-electron chi connectivity index (χ0n) is 30.3. The summed E-state index contributed by atoms with van der Waals surface area (Å²) in [5, 5.41) is 7.64. The van der Waals surface area contributed by atoms with Gasteiger partial charge in [-0.15, -0.1) is 0 Å². The first-order chi connectivity index (χ1) is 27.3. The number of anilines is 3. The van der Waals surface area contributed by atoms with Crippen LogP contribution in [-0.2, 0) is 0 Å². The molecular weight excluding hydrogens is 663 g/mol. The molecule has 258 valence electrons. The Balaban J connectivity index is 1.08. The predicted molar refractivity (Wildman–Crippen MR) is 235 cm³/mol. The van der Waals surface area contributed by atoms with E-state index in [2.05, 4.69) is 229 Å². The van der Waals surface area contributed by atoms with E-state index in [9.17, 15) is 0 Å². The molecule has 0 spiro atoms. The van der Waals surface area contributed by atoms with Crippen LogP contribution in [0.4, 0.5) is 17.1 Å². The normalized spacial score (nSPS) is 11.3. The maximum atomic E-state index is 2.38. The van der Waals surface area contributed by atoms with Gasteiger partial charge < -0.3 is 4.90 Å². The highest BCUT2D eigenvalue weighted by Crippen LogP contribution is 2.41. The molecule has 0 unspecified atom stereocenters. The minimum absolute atomic E-state index is 1.11. The van der Waals surface area contributed by atoms with Gasteiger partial charge in [-0.1, -0.05) is 176 Å². The Morgan fingerprint density at radius 1 is 0.182 bits per heavy atom. The third-order valence-corrected chi connectivity index (χ3v) is 10.8. The lowest BCUT2D eigenvalue weighted by atomic mass is 9.90. The van der Waals surface area contributed by atoms with Gasteiger partial charge in [0.1, 0.15) is 0 Å². The Kier molecular flexibility index (Phi) is 8.24. The third kappa shape index (κ3) is 6.12. The lowest BCUT2D eigenvalue weighted by Crippen LogP contribution is -2.10. The second kappa shape index (κ2) is 14.0. The van der Waals surface area contributed by atoms with Gasteiger partial charge in [0.05, 0.1) is 0 Å². The number of fused-ring (bicyclic) bond motifs is 6. The van der Waals surface area contributed by atoms with Crippen LogP contribution in [0.1, 0.15) is 0 Å². The molecule has 10 aromatic carbocycles. The summed E-state index contributed by atoms with van der Waals surface area (Å²) in [5.41, 5.74) is 13.0. The van der Waals surface area contributed by atoms with Gasteiger partial charge in [-0.25, -0.2) is 0 Å². The monoisotopic (exact) mass is 699 g/mol. The topological polar surface area (TPSA) is 3.24 Å². The van der Waals surface area contributed by atoms with Crippen LogP contribution in [0.5, 0.6) is 0 Å². The van der Waals surface area contributed by atoms with Crippen molar-refractivity contribution < 1.29 is 0 Å². The average molecular weight is 700 g/mol. The second-order valence-corrected chi connectivity index (χ2v) is 14.1. The molecule has 0 radical (unpaired) electrons. The summed E-state index contributed by atoms with van der Waals surface area (Å²) in [5.74, 6) is 0. The molecular formula is C54H37N. The van der Waals surface area contributed by atoms with Crippen LogP contribution in [-0.4, -0.2) is 0 Å². The Bertz CT molecular complexity index is 2830. The van der Waals surface area contributed by atoms with E-state index < -0.39 is 0 Å². The Morgan fingerprint density at radius 3 is 0.982 bits per heavy atom. The fraction of sp³-hybridized carbons (Fsp3) is 0. The van der Waals surface area contributed by atoms with Gasteiger partial charge in [0.25, 0.3) is 0 Å². The van der Waals surface area contributed by atoms with Crippen LogP contribution in [0.15, 0.2) is 224 Å². The van der Waals surface area contributed by atoms with Crippen molar-refractivity contribution in [2.45, 2.75) is 0 Å². The molecule has 0 aliphatic rings. The molecule has 0 N–H and O–H groups in total. The maximum absolute atomic E-state index is 2.38. The third-order valence-electron chi connectivity index (χ3n) is 10.8. The molecule has 0 aromatic heterocycles. The number of nitrogens with zero attached hydrogens (tertiary/aromatic N) is 1. The smallest absolute Gasteiger partial charge is 0.0467 e. The molecule has 10 aromatic rings. The summed E-state index contributed by atoms with van der Waals surface area (Å²) >= 11 is 0. The molecule has 0 aliphatic carbocycles. The van der Waals surface area contributed by atoms with Crippen molar-refractivity contribution in [2.24, 2.45) is 0 Å². The molecule has 0 atom stereocenters. The highest BCUT2D eigenvalue weighted by atomic mass is 15.1. The summed E-state index contributed by atoms with van der Waals surface area (Å²) in [7, 11) is 0. The fourth-order valence-electron chi connectivity index (χ4n) is 8.09. The van der Waals surface area contributed by atoms with E-state index in [0.717, 1.165) is 17.1 Å². The van der Waals surface area contributed by atoms with Gasteiger partial charge in [0.2, 0.25) is 0 Å². The predicted octanol–water partition coefficient (Wildman–Crippen LogP) is 15.3. The van der Waals surface area contributed by atoms with Crippen molar-refractivity contribution >= 4 is 49.4 Å². The molecule has 0 bridgehead atoms. The van der Waals surface area contributed by atoms with Crippen molar-refractivity contribution in [3.63, 3.8) is 0 Å². The van der Waals surface area contributed by atoms with Crippen molar-refractivity contribution in [3.8, 4) is 44.5 Å². The zero-order chi connectivity index (χ0) is 36.6. The zero-order valence-corrected chi connectivity index (χ0v) is 30.3. The summed E-state index contributed by atoms with van der Waals surface area (Å²) in [4.78, 5) is 2.36. The van der Waals surface area contributed by atoms with Crippen LogP contribution < -0.4 is 4.90 Å². The summed E-state index contributed by atoms with van der Waals surface area (Å²) in [6.45, 7) is 0. The molecule has 10 rings (SSSR count). The minimum atomic E-state index is 1.11. The first kappa shape index (κ1) is 32.4. The van der Waals surface area contributed by atoms with Crippen LogP contribution >= 0.6 is 0 Å². The average Bonchev–Trinajstić information content (AvgIpc) is 3.28. The lowest BCUT2D eigenvalue weighted by molar-refractivity contribution is 1.28. The minimum Gasteiger partial charge on any atom is -0.310 e. The molecule has 0 amide bonds. The van der Waals surface area contributed by atoms with Crippen LogP contribution in [0.3, 0.4) is 0 Å². The van der Waals surface area contributed by atoms with Crippen molar-refractivity contribution in [3.05, 3.63) is 224 Å². The van der Waals surface area contributed by atoms with Gasteiger partial charge in [-0.3, -0.25) is 0 Å². The SMILES string of the molecule is c1ccc(-c2ccc(N(c3ccc(-c4ccccc4)cc3)c3cccc(-c4ccc5c6ccc(-c7ccccc7)cc6c6ccccc6c5c4)c3)cc2)cc1. The van der Waals surface area contributed by atoms with E-state index in [1.807, 2.05) is 0 Å². The van der Waals surface area contributed by atoms with Gasteiger partial charge in [0, 0.05) is 17.1 Å². The van der Waals surface area contributed by atoms with E-state index in [4.69, 9.17) is 0 Å². The van der Waals surface area contributed by atoms with E-state index in [1.54, 1.807) is 0 Å². The molecule has 55 heavy (non-hydrogen) atoms. The molecule has 0 saturated heterocycles. The van der Waals surface area contributed by atoms with Crippen LogP contribution in [0, 0.1) is 0 Å². The number of hydrogen-bond donors (Lipinski definition) is 0. The summed E-state index contributed by atoms with van der Waals surface area (Å²) in [6, 6.07) is 81.4.